The molecule has 1 aliphatic rings. The molecule has 1 saturated carbocycles. The van der Waals surface area contributed by atoms with Gasteiger partial charge in [-0.3, -0.25) is 9.69 Å². The average Bonchev–Trinajstić information content (AvgIpc) is 2.72. The Morgan fingerprint density at radius 1 is 1.33 bits per heavy atom. The Morgan fingerprint density at radius 2 is 1.89 bits per heavy atom. The Hall–Kier alpha value is -0.610. The van der Waals surface area contributed by atoms with Crippen LogP contribution in [-0.2, 0) is 4.79 Å². The topological polar surface area (TPSA) is 52.6 Å². The van der Waals surface area contributed by atoms with Gasteiger partial charge in [-0.15, -0.1) is 0 Å². The molecule has 1 amide bonds. The fourth-order valence-electron chi connectivity index (χ4n) is 2.76. The number of hydrogen-bond donors (Lipinski definition) is 2. The van der Waals surface area contributed by atoms with Gasteiger partial charge in [0.25, 0.3) is 0 Å². The Kier molecular flexibility index (Phi) is 6.09. The molecule has 0 aromatic heterocycles. The summed E-state index contributed by atoms with van der Waals surface area (Å²) in [7, 11) is 1.91. The molecule has 4 heteroatoms. The maximum absolute atomic E-state index is 11.8. The van der Waals surface area contributed by atoms with Crippen LogP contribution in [0.3, 0.4) is 0 Å². The van der Waals surface area contributed by atoms with Crippen molar-refractivity contribution in [3.8, 4) is 0 Å². The molecule has 0 unspecified atom stereocenters. The molecule has 18 heavy (non-hydrogen) atoms. The first kappa shape index (κ1) is 15.4. The van der Waals surface area contributed by atoms with Gasteiger partial charge < -0.3 is 10.4 Å². The number of amides is 1. The van der Waals surface area contributed by atoms with Crippen molar-refractivity contribution >= 4 is 5.91 Å². The summed E-state index contributed by atoms with van der Waals surface area (Å²) in [6.07, 6.45) is 5.87. The molecule has 1 aliphatic carbocycles. The lowest BCUT2D eigenvalue weighted by Crippen LogP contribution is -2.45. The monoisotopic (exact) mass is 256 g/mol. The zero-order valence-corrected chi connectivity index (χ0v) is 12.0. The number of aliphatic hydroxyl groups is 1. The second kappa shape index (κ2) is 7.10. The minimum Gasteiger partial charge on any atom is -0.389 e. The first-order valence-corrected chi connectivity index (χ1v) is 7.19. The lowest BCUT2D eigenvalue weighted by atomic mass is 10.0. The number of carbonyl (C=O) groups is 1. The molecule has 1 fully saturated rings. The molecule has 0 aliphatic heterocycles. The maximum atomic E-state index is 11.8. The van der Waals surface area contributed by atoms with Gasteiger partial charge in [-0.2, -0.15) is 0 Å². The van der Waals surface area contributed by atoms with Crippen molar-refractivity contribution in [1.29, 1.82) is 0 Å². The smallest absolute Gasteiger partial charge is 0.234 e. The quantitative estimate of drug-likeness (QED) is 0.726. The maximum Gasteiger partial charge on any atom is 0.234 e. The van der Waals surface area contributed by atoms with E-state index >= 15 is 0 Å². The highest BCUT2D eigenvalue weighted by atomic mass is 16.3. The predicted octanol–water partition coefficient (Wildman–Crippen LogP) is 1.53. The highest BCUT2D eigenvalue weighted by Crippen LogP contribution is 2.29. The molecule has 0 radical (unpaired) electrons. The summed E-state index contributed by atoms with van der Waals surface area (Å²) in [5.74, 6) is 0.0628. The van der Waals surface area contributed by atoms with E-state index in [1.165, 1.54) is 0 Å². The number of hydrogen-bond acceptors (Lipinski definition) is 3. The molecular formula is C14H28N2O2. The van der Waals surface area contributed by atoms with E-state index in [1.54, 1.807) is 0 Å². The first-order chi connectivity index (χ1) is 8.49. The van der Waals surface area contributed by atoms with Crippen LogP contribution in [0.5, 0.6) is 0 Å². The number of nitrogens with zero attached hydrogens (tertiary/aromatic N) is 1. The van der Waals surface area contributed by atoms with Crippen LogP contribution in [0.1, 0.15) is 52.4 Å². The zero-order valence-electron chi connectivity index (χ0n) is 12.0. The number of likely N-dealkylation sites (N-methyl/N-ethyl adjacent to an activating group) is 1. The van der Waals surface area contributed by atoms with Crippen molar-refractivity contribution in [3.05, 3.63) is 0 Å². The minimum atomic E-state index is -0.566. The lowest BCUT2D eigenvalue weighted by molar-refractivity contribution is -0.123. The van der Waals surface area contributed by atoms with Crippen LogP contribution >= 0.6 is 0 Å². The van der Waals surface area contributed by atoms with E-state index in [1.807, 2.05) is 11.9 Å². The zero-order chi connectivity index (χ0) is 13.6. The van der Waals surface area contributed by atoms with Gasteiger partial charge in [-0.1, -0.05) is 26.7 Å². The van der Waals surface area contributed by atoms with Crippen LogP contribution in [0.2, 0.25) is 0 Å². The molecule has 0 heterocycles. The third-order valence-electron chi connectivity index (χ3n) is 3.86. The normalized spacial score (nSPS) is 18.6. The van der Waals surface area contributed by atoms with E-state index in [0.717, 1.165) is 38.5 Å². The summed E-state index contributed by atoms with van der Waals surface area (Å²) in [4.78, 5) is 13.8. The second-order valence-corrected chi connectivity index (χ2v) is 5.68. The van der Waals surface area contributed by atoms with Gasteiger partial charge in [0.2, 0.25) is 5.91 Å². The van der Waals surface area contributed by atoms with Gasteiger partial charge in [-0.05, 0) is 32.7 Å². The Balaban J connectivity index is 2.30. The summed E-state index contributed by atoms with van der Waals surface area (Å²) < 4.78 is 0. The highest BCUT2D eigenvalue weighted by Gasteiger charge is 2.32. The summed E-state index contributed by atoms with van der Waals surface area (Å²) >= 11 is 0. The first-order valence-electron chi connectivity index (χ1n) is 7.19. The van der Waals surface area contributed by atoms with Crippen LogP contribution in [-0.4, -0.2) is 47.7 Å². The van der Waals surface area contributed by atoms with E-state index in [4.69, 9.17) is 0 Å². The number of rotatable bonds is 7. The predicted molar refractivity (Wildman–Crippen MR) is 73.4 cm³/mol. The van der Waals surface area contributed by atoms with Crippen molar-refractivity contribution in [1.82, 2.24) is 10.2 Å². The summed E-state index contributed by atoms with van der Waals surface area (Å²) in [6, 6.07) is 0.278. The fraction of sp³-hybridized carbons (Fsp3) is 0.929. The Labute approximate surface area is 111 Å². The van der Waals surface area contributed by atoms with E-state index in [0.29, 0.717) is 13.1 Å². The number of nitrogens with one attached hydrogen (secondary N) is 1. The molecule has 2 N–H and O–H groups in total. The summed E-state index contributed by atoms with van der Waals surface area (Å²) in [6.45, 7) is 5.14. The van der Waals surface area contributed by atoms with E-state index in [2.05, 4.69) is 19.2 Å². The molecule has 0 aromatic carbocycles. The standard InChI is InChI=1S/C14H28N2O2/c1-4-12(5-2)15-13(17)10-16(3)11-14(18)8-6-7-9-14/h12,18H,4-11H2,1-3H3,(H,15,17). The van der Waals surface area contributed by atoms with Gasteiger partial charge >= 0.3 is 0 Å². The summed E-state index contributed by atoms with van der Waals surface area (Å²) in [5, 5.41) is 13.3. The Morgan fingerprint density at radius 3 is 2.39 bits per heavy atom. The third kappa shape index (κ3) is 4.94. The van der Waals surface area contributed by atoms with Crippen molar-refractivity contribution in [2.24, 2.45) is 0 Å². The molecule has 0 spiro atoms. The van der Waals surface area contributed by atoms with Gasteiger partial charge in [0, 0.05) is 12.6 Å². The Bertz CT molecular complexity index is 259. The van der Waals surface area contributed by atoms with Gasteiger partial charge in [0.15, 0.2) is 0 Å². The van der Waals surface area contributed by atoms with Gasteiger partial charge in [-0.25, -0.2) is 0 Å². The molecule has 0 saturated heterocycles. The highest BCUT2D eigenvalue weighted by molar-refractivity contribution is 5.78. The third-order valence-corrected chi connectivity index (χ3v) is 3.86. The number of carbonyl (C=O) groups excluding carboxylic acids is 1. The van der Waals surface area contributed by atoms with Crippen LogP contribution in [0.15, 0.2) is 0 Å². The van der Waals surface area contributed by atoms with E-state index in [9.17, 15) is 9.90 Å². The van der Waals surface area contributed by atoms with Crippen LogP contribution < -0.4 is 5.32 Å². The molecule has 0 bridgehead atoms. The molecular weight excluding hydrogens is 228 g/mol. The molecule has 1 rings (SSSR count). The molecule has 0 aromatic rings. The molecule has 0 atom stereocenters. The van der Waals surface area contributed by atoms with Crippen LogP contribution in [0.25, 0.3) is 0 Å². The van der Waals surface area contributed by atoms with Crippen LogP contribution in [0, 0.1) is 0 Å². The van der Waals surface area contributed by atoms with Gasteiger partial charge in [0.05, 0.1) is 12.1 Å². The fourth-order valence-corrected chi connectivity index (χ4v) is 2.76. The largest absolute Gasteiger partial charge is 0.389 e. The minimum absolute atomic E-state index is 0.0628. The lowest BCUT2D eigenvalue weighted by Gasteiger charge is -2.28. The van der Waals surface area contributed by atoms with Crippen molar-refractivity contribution in [2.75, 3.05) is 20.1 Å². The SMILES string of the molecule is CCC(CC)NC(=O)CN(C)CC1(O)CCCC1. The van der Waals surface area contributed by atoms with Crippen LogP contribution in [0.4, 0.5) is 0 Å². The van der Waals surface area contributed by atoms with E-state index < -0.39 is 5.60 Å². The van der Waals surface area contributed by atoms with Crippen molar-refractivity contribution in [3.63, 3.8) is 0 Å². The molecule has 106 valence electrons. The van der Waals surface area contributed by atoms with Crippen molar-refractivity contribution < 1.29 is 9.90 Å². The van der Waals surface area contributed by atoms with Crippen molar-refractivity contribution in [2.45, 2.75) is 64.0 Å². The molecule has 4 nitrogen and oxygen atoms in total. The second-order valence-electron chi connectivity index (χ2n) is 5.68. The average molecular weight is 256 g/mol. The van der Waals surface area contributed by atoms with Gasteiger partial charge in [0.1, 0.15) is 0 Å². The van der Waals surface area contributed by atoms with E-state index in [-0.39, 0.29) is 11.9 Å². The summed E-state index contributed by atoms with van der Waals surface area (Å²) in [5.41, 5.74) is -0.566.